The van der Waals surface area contributed by atoms with Crippen molar-refractivity contribution in [3.8, 4) is 0 Å². The SMILES string of the molecule is CC(=O)C=C(O)CCNCc1ccccc1. The van der Waals surface area contributed by atoms with Gasteiger partial charge in [-0.3, -0.25) is 4.79 Å². The van der Waals surface area contributed by atoms with Gasteiger partial charge in [-0.05, 0) is 12.5 Å². The molecule has 0 saturated heterocycles. The number of carbonyl (C=O) groups is 1. The molecule has 0 fully saturated rings. The molecule has 86 valence electrons. The van der Waals surface area contributed by atoms with Gasteiger partial charge in [0, 0.05) is 25.6 Å². The highest BCUT2D eigenvalue weighted by Crippen LogP contribution is 1.98. The summed E-state index contributed by atoms with van der Waals surface area (Å²) in [5.74, 6) is 0.00798. The Morgan fingerprint density at radius 1 is 1.38 bits per heavy atom. The fraction of sp³-hybridized carbons (Fsp3) is 0.308. The first-order valence-corrected chi connectivity index (χ1v) is 5.33. The van der Waals surface area contributed by atoms with Crippen LogP contribution in [0, 0.1) is 0 Å². The second-order valence-electron chi connectivity index (χ2n) is 3.66. The predicted molar refractivity (Wildman–Crippen MR) is 64.2 cm³/mol. The molecule has 0 radical (unpaired) electrons. The Labute approximate surface area is 95.8 Å². The molecule has 0 bridgehead atoms. The molecular formula is C13H17NO2. The number of ketones is 1. The lowest BCUT2D eigenvalue weighted by atomic mass is 10.2. The Bertz CT molecular complexity index is 357. The van der Waals surface area contributed by atoms with Gasteiger partial charge >= 0.3 is 0 Å². The van der Waals surface area contributed by atoms with Crippen LogP contribution in [0.25, 0.3) is 0 Å². The molecule has 0 atom stereocenters. The zero-order chi connectivity index (χ0) is 11.8. The fourth-order valence-electron chi connectivity index (χ4n) is 1.35. The number of allylic oxidation sites excluding steroid dienone is 1. The molecule has 0 unspecified atom stereocenters. The van der Waals surface area contributed by atoms with E-state index in [-0.39, 0.29) is 11.5 Å². The van der Waals surface area contributed by atoms with Gasteiger partial charge in [0.15, 0.2) is 5.78 Å². The third-order valence-electron chi connectivity index (χ3n) is 2.10. The van der Waals surface area contributed by atoms with Crippen LogP contribution in [0.15, 0.2) is 42.2 Å². The molecule has 0 saturated carbocycles. The summed E-state index contributed by atoms with van der Waals surface area (Å²) in [6.45, 7) is 2.85. The monoisotopic (exact) mass is 219 g/mol. The zero-order valence-electron chi connectivity index (χ0n) is 9.44. The molecule has 0 amide bonds. The highest BCUT2D eigenvalue weighted by atomic mass is 16.3. The van der Waals surface area contributed by atoms with Crippen LogP contribution in [0.1, 0.15) is 18.9 Å². The molecule has 0 aliphatic carbocycles. The highest BCUT2D eigenvalue weighted by molar-refractivity contribution is 5.87. The average molecular weight is 219 g/mol. The second-order valence-corrected chi connectivity index (χ2v) is 3.66. The van der Waals surface area contributed by atoms with Crippen LogP contribution in [-0.4, -0.2) is 17.4 Å². The van der Waals surface area contributed by atoms with Crippen LogP contribution in [0.2, 0.25) is 0 Å². The number of hydrogen-bond acceptors (Lipinski definition) is 3. The van der Waals surface area contributed by atoms with Crippen molar-refractivity contribution in [2.24, 2.45) is 0 Å². The van der Waals surface area contributed by atoms with Crippen LogP contribution in [0.5, 0.6) is 0 Å². The summed E-state index contributed by atoms with van der Waals surface area (Å²) in [7, 11) is 0. The molecule has 3 heteroatoms. The lowest BCUT2D eigenvalue weighted by molar-refractivity contribution is -0.112. The third kappa shape index (κ3) is 5.32. The molecule has 3 nitrogen and oxygen atoms in total. The minimum absolute atomic E-state index is 0.124. The molecule has 1 aromatic carbocycles. The van der Waals surface area contributed by atoms with E-state index in [9.17, 15) is 9.90 Å². The normalized spacial score (nSPS) is 11.4. The Morgan fingerprint density at radius 3 is 2.69 bits per heavy atom. The van der Waals surface area contributed by atoms with Crippen LogP contribution >= 0.6 is 0 Å². The lowest BCUT2D eigenvalue weighted by Gasteiger charge is -2.04. The first-order valence-electron chi connectivity index (χ1n) is 5.33. The average Bonchev–Trinajstić information content (AvgIpc) is 2.25. The minimum Gasteiger partial charge on any atom is -0.512 e. The van der Waals surface area contributed by atoms with E-state index in [1.807, 2.05) is 30.3 Å². The van der Waals surface area contributed by atoms with Crippen molar-refractivity contribution >= 4 is 5.78 Å². The standard InChI is InChI=1S/C13H17NO2/c1-11(15)9-13(16)7-8-14-10-12-5-3-2-4-6-12/h2-6,9,14,16H,7-8,10H2,1H3. The molecule has 1 rings (SSSR count). The maximum Gasteiger partial charge on any atom is 0.155 e. The number of rotatable bonds is 6. The van der Waals surface area contributed by atoms with Gasteiger partial charge in [-0.2, -0.15) is 0 Å². The van der Waals surface area contributed by atoms with Crippen molar-refractivity contribution in [3.63, 3.8) is 0 Å². The fourth-order valence-corrected chi connectivity index (χ4v) is 1.35. The van der Waals surface area contributed by atoms with Gasteiger partial charge in [0.2, 0.25) is 0 Å². The lowest BCUT2D eigenvalue weighted by Crippen LogP contribution is -2.15. The molecule has 0 aliphatic rings. The number of hydrogen-bond donors (Lipinski definition) is 2. The summed E-state index contributed by atoms with van der Waals surface area (Å²) < 4.78 is 0. The van der Waals surface area contributed by atoms with Gasteiger partial charge in [0.05, 0.1) is 5.76 Å². The van der Waals surface area contributed by atoms with Crippen LogP contribution < -0.4 is 5.32 Å². The quantitative estimate of drug-likeness (QED) is 0.438. The van der Waals surface area contributed by atoms with Crippen molar-refractivity contribution in [2.75, 3.05) is 6.54 Å². The largest absolute Gasteiger partial charge is 0.512 e. The van der Waals surface area contributed by atoms with E-state index in [4.69, 9.17) is 0 Å². The second kappa shape index (κ2) is 6.80. The van der Waals surface area contributed by atoms with Gasteiger partial charge in [-0.1, -0.05) is 30.3 Å². The van der Waals surface area contributed by atoms with E-state index >= 15 is 0 Å². The van der Waals surface area contributed by atoms with E-state index in [0.29, 0.717) is 13.0 Å². The summed E-state index contributed by atoms with van der Waals surface area (Å²) in [5, 5.41) is 12.5. The van der Waals surface area contributed by atoms with E-state index < -0.39 is 0 Å². The maximum atomic E-state index is 10.7. The van der Waals surface area contributed by atoms with Gasteiger partial charge in [-0.15, -0.1) is 0 Å². The molecule has 0 aliphatic heterocycles. The van der Waals surface area contributed by atoms with E-state index in [1.165, 1.54) is 18.6 Å². The zero-order valence-corrected chi connectivity index (χ0v) is 9.44. The molecule has 1 aromatic rings. The first kappa shape index (κ1) is 12.5. The smallest absolute Gasteiger partial charge is 0.155 e. The van der Waals surface area contributed by atoms with Crippen molar-refractivity contribution < 1.29 is 9.90 Å². The van der Waals surface area contributed by atoms with Crippen LogP contribution in [0.4, 0.5) is 0 Å². The maximum absolute atomic E-state index is 10.7. The molecule has 16 heavy (non-hydrogen) atoms. The topological polar surface area (TPSA) is 49.3 Å². The van der Waals surface area contributed by atoms with Gasteiger partial charge in [-0.25, -0.2) is 0 Å². The Balaban J connectivity index is 2.20. The first-order chi connectivity index (χ1) is 7.68. The van der Waals surface area contributed by atoms with Crippen molar-refractivity contribution in [2.45, 2.75) is 19.9 Å². The predicted octanol–water partition coefficient (Wildman–Crippen LogP) is 2.20. The van der Waals surface area contributed by atoms with E-state index in [0.717, 1.165) is 6.54 Å². The van der Waals surface area contributed by atoms with Gasteiger partial charge < -0.3 is 10.4 Å². The number of benzene rings is 1. The van der Waals surface area contributed by atoms with Gasteiger partial charge in [0.25, 0.3) is 0 Å². The molecule has 0 spiro atoms. The Kier molecular flexibility index (Phi) is 5.29. The Hall–Kier alpha value is -1.61. The summed E-state index contributed by atoms with van der Waals surface area (Å²) in [5.41, 5.74) is 1.21. The van der Waals surface area contributed by atoms with Crippen molar-refractivity contribution in [1.82, 2.24) is 5.32 Å². The minimum atomic E-state index is -0.124. The molecule has 0 heterocycles. The van der Waals surface area contributed by atoms with Crippen molar-refractivity contribution in [1.29, 1.82) is 0 Å². The summed E-state index contributed by atoms with van der Waals surface area (Å²) in [6, 6.07) is 10.0. The molecule has 0 aromatic heterocycles. The summed E-state index contributed by atoms with van der Waals surface area (Å²) >= 11 is 0. The summed E-state index contributed by atoms with van der Waals surface area (Å²) in [4.78, 5) is 10.7. The number of aliphatic hydroxyl groups is 1. The van der Waals surface area contributed by atoms with Gasteiger partial charge in [0.1, 0.15) is 0 Å². The van der Waals surface area contributed by atoms with Crippen LogP contribution in [-0.2, 0) is 11.3 Å². The summed E-state index contributed by atoms with van der Waals surface area (Å²) in [6.07, 6.45) is 1.73. The highest BCUT2D eigenvalue weighted by Gasteiger charge is 1.96. The van der Waals surface area contributed by atoms with E-state index in [2.05, 4.69) is 5.32 Å². The number of nitrogens with one attached hydrogen (secondary N) is 1. The van der Waals surface area contributed by atoms with E-state index in [1.54, 1.807) is 0 Å². The molecule has 2 N–H and O–H groups in total. The number of carbonyl (C=O) groups excluding carboxylic acids is 1. The molecular weight excluding hydrogens is 202 g/mol. The number of aliphatic hydroxyl groups excluding tert-OH is 1. The Morgan fingerprint density at radius 2 is 2.06 bits per heavy atom. The van der Waals surface area contributed by atoms with Crippen LogP contribution in [0.3, 0.4) is 0 Å². The third-order valence-corrected chi connectivity index (χ3v) is 2.10. The van der Waals surface area contributed by atoms with Crippen molar-refractivity contribution in [3.05, 3.63) is 47.7 Å².